The number of nitrogens with zero attached hydrogens (tertiary/aromatic N) is 3. The van der Waals surface area contributed by atoms with E-state index in [1.807, 2.05) is 60.8 Å². The Labute approximate surface area is 180 Å². The van der Waals surface area contributed by atoms with Crippen LogP contribution in [0.4, 0.5) is 5.69 Å². The van der Waals surface area contributed by atoms with E-state index in [4.69, 9.17) is 14.4 Å². The first-order valence-corrected chi connectivity index (χ1v) is 9.76. The number of hydrogen-bond donors (Lipinski definition) is 1. The van der Waals surface area contributed by atoms with Gasteiger partial charge >= 0.3 is 0 Å². The first-order chi connectivity index (χ1) is 15.0. The molecule has 31 heavy (non-hydrogen) atoms. The van der Waals surface area contributed by atoms with Crippen LogP contribution in [0.5, 0.6) is 5.75 Å². The van der Waals surface area contributed by atoms with Crippen molar-refractivity contribution in [3.8, 4) is 22.7 Å². The fraction of sp³-hybridized carbons (Fsp3) is 0.125. The molecule has 2 aromatic heterocycles. The number of anilines is 1. The zero-order chi connectivity index (χ0) is 21.8. The highest BCUT2D eigenvalue weighted by Crippen LogP contribution is 2.27. The summed E-state index contributed by atoms with van der Waals surface area (Å²) in [7, 11) is 1.63. The first kappa shape index (κ1) is 20.2. The number of methoxy groups -OCH3 is 1. The summed E-state index contributed by atoms with van der Waals surface area (Å²) in [4.78, 5) is 12.5. The first-order valence-electron chi connectivity index (χ1n) is 9.76. The summed E-state index contributed by atoms with van der Waals surface area (Å²) in [6.45, 7) is 3.53. The minimum Gasteiger partial charge on any atom is -0.497 e. The molecular formula is C24H22N4O3. The number of carbonyl (C=O) groups is 1. The SMILES string of the molecule is COc1ccc(-c2nn(-c3ccccc3)cc2/C=C/C(=O)Nc2c(C)noc2C)cc1. The molecule has 2 heterocycles. The lowest BCUT2D eigenvalue weighted by atomic mass is 10.1. The number of aromatic nitrogens is 3. The minimum absolute atomic E-state index is 0.275. The number of hydrogen-bond acceptors (Lipinski definition) is 5. The lowest BCUT2D eigenvalue weighted by Gasteiger charge is -2.03. The van der Waals surface area contributed by atoms with Crippen LogP contribution < -0.4 is 10.1 Å². The molecule has 0 unspecified atom stereocenters. The lowest BCUT2D eigenvalue weighted by molar-refractivity contribution is -0.111. The molecule has 1 N–H and O–H groups in total. The van der Waals surface area contributed by atoms with E-state index in [-0.39, 0.29) is 5.91 Å². The predicted molar refractivity (Wildman–Crippen MR) is 119 cm³/mol. The van der Waals surface area contributed by atoms with Gasteiger partial charge in [0.25, 0.3) is 0 Å². The van der Waals surface area contributed by atoms with Gasteiger partial charge in [0.1, 0.15) is 17.1 Å². The van der Waals surface area contributed by atoms with Gasteiger partial charge in [-0.15, -0.1) is 0 Å². The molecular weight excluding hydrogens is 392 g/mol. The largest absolute Gasteiger partial charge is 0.497 e. The van der Waals surface area contributed by atoms with Crippen molar-refractivity contribution in [2.24, 2.45) is 0 Å². The monoisotopic (exact) mass is 414 g/mol. The molecule has 0 atom stereocenters. The fourth-order valence-electron chi connectivity index (χ4n) is 3.19. The average Bonchev–Trinajstić information content (AvgIpc) is 3.37. The van der Waals surface area contributed by atoms with Crippen LogP contribution in [0.3, 0.4) is 0 Å². The predicted octanol–water partition coefficient (Wildman–Crippen LogP) is 4.80. The van der Waals surface area contributed by atoms with Crippen molar-refractivity contribution < 1.29 is 14.1 Å². The number of carbonyl (C=O) groups excluding carboxylic acids is 1. The molecule has 4 rings (SSSR count). The van der Waals surface area contributed by atoms with Gasteiger partial charge < -0.3 is 14.6 Å². The third kappa shape index (κ3) is 4.40. The number of rotatable bonds is 6. The Kier molecular flexibility index (Phi) is 5.66. The van der Waals surface area contributed by atoms with E-state index in [1.54, 1.807) is 31.7 Å². The fourth-order valence-corrected chi connectivity index (χ4v) is 3.19. The van der Waals surface area contributed by atoms with Gasteiger partial charge in [0.05, 0.1) is 18.5 Å². The van der Waals surface area contributed by atoms with Gasteiger partial charge in [-0.3, -0.25) is 4.79 Å². The molecule has 156 valence electrons. The smallest absolute Gasteiger partial charge is 0.248 e. The summed E-state index contributed by atoms with van der Waals surface area (Å²) in [5.41, 5.74) is 4.63. The van der Waals surface area contributed by atoms with Crippen LogP contribution in [-0.4, -0.2) is 28.0 Å². The van der Waals surface area contributed by atoms with Crippen molar-refractivity contribution >= 4 is 17.7 Å². The average molecular weight is 414 g/mol. The van der Waals surface area contributed by atoms with Crippen LogP contribution in [0, 0.1) is 13.8 Å². The Morgan fingerprint density at radius 3 is 2.48 bits per heavy atom. The van der Waals surface area contributed by atoms with E-state index in [9.17, 15) is 4.79 Å². The summed E-state index contributed by atoms with van der Waals surface area (Å²) in [6.07, 6.45) is 5.12. The lowest BCUT2D eigenvalue weighted by Crippen LogP contribution is -2.08. The number of para-hydroxylation sites is 1. The molecule has 0 bridgehead atoms. The topological polar surface area (TPSA) is 82.2 Å². The summed E-state index contributed by atoms with van der Waals surface area (Å²) >= 11 is 0. The highest BCUT2D eigenvalue weighted by atomic mass is 16.5. The van der Waals surface area contributed by atoms with Crippen LogP contribution in [0.2, 0.25) is 0 Å². The van der Waals surface area contributed by atoms with Gasteiger partial charge in [-0.1, -0.05) is 23.4 Å². The Bertz CT molecular complexity index is 1200. The maximum Gasteiger partial charge on any atom is 0.248 e. The maximum atomic E-state index is 12.5. The van der Waals surface area contributed by atoms with Crippen LogP contribution >= 0.6 is 0 Å². The van der Waals surface area contributed by atoms with Crippen LogP contribution in [-0.2, 0) is 4.79 Å². The number of nitrogens with one attached hydrogen (secondary N) is 1. The summed E-state index contributed by atoms with van der Waals surface area (Å²) in [5.74, 6) is 1.06. The molecule has 0 saturated heterocycles. The Morgan fingerprint density at radius 2 is 1.84 bits per heavy atom. The molecule has 2 aromatic carbocycles. The molecule has 7 nitrogen and oxygen atoms in total. The second-order valence-electron chi connectivity index (χ2n) is 6.96. The van der Waals surface area contributed by atoms with Crippen LogP contribution in [0.1, 0.15) is 17.0 Å². The van der Waals surface area contributed by atoms with Crippen molar-refractivity contribution in [2.75, 3.05) is 12.4 Å². The summed E-state index contributed by atoms with van der Waals surface area (Å²) in [6, 6.07) is 17.5. The highest BCUT2D eigenvalue weighted by Gasteiger charge is 2.13. The van der Waals surface area contributed by atoms with Crippen molar-refractivity contribution in [3.05, 3.63) is 83.9 Å². The summed E-state index contributed by atoms with van der Waals surface area (Å²) in [5, 5.41) is 11.4. The molecule has 0 radical (unpaired) electrons. The van der Waals surface area contributed by atoms with E-state index in [1.165, 1.54) is 6.08 Å². The molecule has 0 aliphatic carbocycles. The van der Waals surface area contributed by atoms with Crippen molar-refractivity contribution in [1.29, 1.82) is 0 Å². The quantitative estimate of drug-likeness (QED) is 0.458. The summed E-state index contributed by atoms with van der Waals surface area (Å²) < 4.78 is 12.1. The van der Waals surface area contributed by atoms with Crippen LogP contribution in [0.15, 0.2) is 71.4 Å². The van der Waals surface area contributed by atoms with E-state index in [2.05, 4.69) is 10.5 Å². The normalized spacial score (nSPS) is 11.1. The number of aryl methyl sites for hydroxylation is 2. The van der Waals surface area contributed by atoms with Crippen LogP contribution in [0.25, 0.3) is 23.0 Å². The molecule has 7 heteroatoms. The van der Waals surface area contributed by atoms with E-state index < -0.39 is 0 Å². The van der Waals surface area contributed by atoms with E-state index in [0.717, 1.165) is 28.3 Å². The highest BCUT2D eigenvalue weighted by molar-refractivity contribution is 6.02. The van der Waals surface area contributed by atoms with Crippen molar-refractivity contribution in [2.45, 2.75) is 13.8 Å². The Hall–Kier alpha value is -4.13. The zero-order valence-electron chi connectivity index (χ0n) is 17.5. The zero-order valence-corrected chi connectivity index (χ0v) is 17.5. The van der Waals surface area contributed by atoms with E-state index in [0.29, 0.717) is 17.1 Å². The van der Waals surface area contributed by atoms with Gasteiger partial charge in [-0.05, 0) is 56.3 Å². The minimum atomic E-state index is -0.275. The van der Waals surface area contributed by atoms with E-state index >= 15 is 0 Å². The molecule has 0 fully saturated rings. The van der Waals surface area contributed by atoms with Crippen molar-refractivity contribution in [3.63, 3.8) is 0 Å². The number of benzene rings is 2. The Balaban J connectivity index is 1.67. The second-order valence-corrected chi connectivity index (χ2v) is 6.96. The maximum absolute atomic E-state index is 12.5. The third-order valence-corrected chi connectivity index (χ3v) is 4.82. The molecule has 0 saturated carbocycles. The van der Waals surface area contributed by atoms with Gasteiger partial charge in [0.15, 0.2) is 5.76 Å². The van der Waals surface area contributed by atoms with Gasteiger partial charge in [-0.25, -0.2) is 4.68 Å². The second kappa shape index (κ2) is 8.71. The molecule has 0 aliphatic rings. The number of amides is 1. The molecule has 0 spiro atoms. The molecule has 1 amide bonds. The Morgan fingerprint density at radius 1 is 1.10 bits per heavy atom. The third-order valence-electron chi connectivity index (χ3n) is 4.82. The molecule has 0 aliphatic heterocycles. The van der Waals surface area contributed by atoms with Gasteiger partial charge in [0, 0.05) is 23.4 Å². The standard InChI is InChI=1S/C24H22N4O3/c1-16-23(17(2)31-27-16)25-22(29)14-11-19-15-28(20-7-5-4-6-8-20)26-24(19)18-9-12-21(30-3)13-10-18/h4-15H,1-3H3,(H,25,29)/b14-11+. The molecule has 4 aromatic rings. The number of ether oxygens (including phenoxy) is 1. The van der Waals surface area contributed by atoms with Gasteiger partial charge in [-0.2, -0.15) is 5.10 Å². The van der Waals surface area contributed by atoms with Crippen molar-refractivity contribution in [1.82, 2.24) is 14.9 Å². The van der Waals surface area contributed by atoms with Gasteiger partial charge in [0.2, 0.25) is 5.91 Å².